The molecule has 0 aromatic carbocycles. The molecule has 1 aliphatic carbocycles. The molecule has 0 spiro atoms. The zero-order valence-electron chi connectivity index (χ0n) is 8.40. The molecule has 0 aromatic rings. The number of carboxylic acids is 1. The van der Waals surface area contributed by atoms with Crippen molar-refractivity contribution < 1.29 is 14.6 Å². The summed E-state index contributed by atoms with van der Waals surface area (Å²) in [6.07, 6.45) is 3.33. The van der Waals surface area contributed by atoms with Gasteiger partial charge in [0.25, 0.3) is 0 Å². The molecule has 1 saturated carbocycles. The van der Waals surface area contributed by atoms with Crippen LogP contribution in [0.25, 0.3) is 0 Å². The molecule has 14 heavy (non-hydrogen) atoms. The maximum absolute atomic E-state index is 10.4. The number of nitrogens with one attached hydrogen (secondary N) is 1. The molecular weight excluding hydrogens is 184 g/mol. The van der Waals surface area contributed by atoms with Gasteiger partial charge in [-0.25, -0.2) is 0 Å². The normalized spacial score (nSPS) is 29.0. The van der Waals surface area contributed by atoms with Crippen LogP contribution < -0.4 is 11.1 Å². The lowest BCUT2D eigenvalue weighted by molar-refractivity contribution is -0.138. The van der Waals surface area contributed by atoms with Crippen molar-refractivity contribution in [3.05, 3.63) is 0 Å². The van der Waals surface area contributed by atoms with Crippen LogP contribution in [0.5, 0.6) is 0 Å². The topological polar surface area (TPSA) is 84.6 Å². The number of hydrogen-bond acceptors (Lipinski definition) is 4. The summed E-state index contributed by atoms with van der Waals surface area (Å²) in [6, 6.07) is -0.457. The highest BCUT2D eigenvalue weighted by atomic mass is 16.5. The Kier molecular flexibility index (Phi) is 4.31. The quantitative estimate of drug-likeness (QED) is 0.562. The van der Waals surface area contributed by atoms with Gasteiger partial charge in [0.05, 0.1) is 6.10 Å². The van der Waals surface area contributed by atoms with Crippen molar-refractivity contribution in [2.75, 3.05) is 13.7 Å². The molecule has 1 aliphatic rings. The van der Waals surface area contributed by atoms with E-state index in [4.69, 9.17) is 15.6 Å². The van der Waals surface area contributed by atoms with Crippen molar-refractivity contribution >= 4 is 5.97 Å². The van der Waals surface area contributed by atoms with Gasteiger partial charge in [0.2, 0.25) is 0 Å². The van der Waals surface area contributed by atoms with E-state index in [1.807, 2.05) is 0 Å². The molecule has 0 aromatic heterocycles. The Morgan fingerprint density at radius 1 is 1.71 bits per heavy atom. The average molecular weight is 202 g/mol. The summed E-state index contributed by atoms with van der Waals surface area (Å²) in [5.41, 5.74) is 5.37. The molecule has 82 valence electrons. The molecule has 5 heteroatoms. The molecular formula is C9H18N2O3. The van der Waals surface area contributed by atoms with Crippen LogP contribution in [-0.2, 0) is 9.53 Å². The number of methoxy groups -OCH3 is 1. The number of rotatable bonds is 5. The Balaban J connectivity index is 2.17. The van der Waals surface area contributed by atoms with Gasteiger partial charge >= 0.3 is 5.97 Å². The molecule has 3 unspecified atom stereocenters. The van der Waals surface area contributed by atoms with E-state index in [1.54, 1.807) is 7.11 Å². The lowest BCUT2D eigenvalue weighted by Gasteiger charge is -2.14. The van der Waals surface area contributed by atoms with E-state index in [0.29, 0.717) is 18.7 Å². The monoisotopic (exact) mass is 202 g/mol. The smallest absolute Gasteiger partial charge is 0.321 e. The Labute approximate surface area is 83.6 Å². The number of hydrogen-bond donors (Lipinski definition) is 3. The summed E-state index contributed by atoms with van der Waals surface area (Å²) >= 11 is 0. The van der Waals surface area contributed by atoms with E-state index in [2.05, 4.69) is 5.32 Å². The number of ether oxygens (including phenoxy) is 1. The van der Waals surface area contributed by atoms with Crippen LogP contribution in [0.3, 0.4) is 0 Å². The van der Waals surface area contributed by atoms with Crippen molar-refractivity contribution in [1.82, 2.24) is 5.32 Å². The van der Waals surface area contributed by atoms with Crippen LogP contribution in [-0.4, -0.2) is 42.9 Å². The molecule has 0 heterocycles. The molecule has 4 N–H and O–H groups in total. The zero-order chi connectivity index (χ0) is 10.6. The summed E-state index contributed by atoms with van der Waals surface area (Å²) in [4.78, 5) is 10.4. The predicted octanol–water partition coefficient (Wildman–Crippen LogP) is -0.445. The first kappa shape index (κ1) is 11.4. The zero-order valence-corrected chi connectivity index (χ0v) is 8.40. The third-order valence-electron chi connectivity index (χ3n) is 2.66. The largest absolute Gasteiger partial charge is 0.480 e. The van der Waals surface area contributed by atoms with Gasteiger partial charge in [-0.05, 0) is 19.3 Å². The number of carboxylic acid groups (broad SMARTS) is 1. The van der Waals surface area contributed by atoms with Crippen LogP contribution in [0, 0.1) is 0 Å². The number of nitrogens with two attached hydrogens (primary N) is 1. The molecule has 0 amide bonds. The first-order valence-electron chi connectivity index (χ1n) is 4.88. The van der Waals surface area contributed by atoms with Crippen molar-refractivity contribution in [2.24, 2.45) is 5.73 Å². The van der Waals surface area contributed by atoms with Crippen LogP contribution in [0.15, 0.2) is 0 Å². The molecule has 1 rings (SSSR count). The van der Waals surface area contributed by atoms with Crippen LogP contribution in [0.2, 0.25) is 0 Å². The van der Waals surface area contributed by atoms with Crippen molar-refractivity contribution in [1.29, 1.82) is 0 Å². The molecule has 1 fully saturated rings. The first-order valence-corrected chi connectivity index (χ1v) is 4.88. The van der Waals surface area contributed by atoms with Gasteiger partial charge in [-0.3, -0.25) is 4.79 Å². The SMILES string of the molecule is COC1CCC(NCC(N)C(=O)O)C1. The van der Waals surface area contributed by atoms with Gasteiger partial charge in [-0.15, -0.1) is 0 Å². The van der Waals surface area contributed by atoms with E-state index < -0.39 is 12.0 Å². The number of aliphatic carboxylic acids is 1. The van der Waals surface area contributed by atoms with Gasteiger partial charge in [0, 0.05) is 19.7 Å². The van der Waals surface area contributed by atoms with E-state index >= 15 is 0 Å². The summed E-state index contributed by atoms with van der Waals surface area (Å²) in [5, 5.41) is 11.7. The van der Waals surface area contributed by atoms with E-state index in [-0.39, 0.29) is 0 Å². The minimum atomic E-state index is -0.959. The summed E-state index contributed by atoms with van der Waals surface area (Å²) in [7, 11) is 1.70. The predicted molar refractivity (Wildman–Crippen MR) is 52.0 cm³/mol. The van der Waals surface area contributed by atoms with Gasteiger partial charge < -0.3 is 20.9 Å². The third kappa shape index (κ3) is 3.25. The standard InChI is InChI=1S/C9H18N2O3/c1-14-7-3-2-6(4-7)11-5-8(10)9(12)13/h6-8,11H,2-5,10H2,1H3,(H,12,13). The summed E-state index contributed by atoms with van der Waals surface area (Å²) in [6.45, 7) is 0.330. The summed E-state index contributed by atoms with van der Waals surface area (Å²) < 4.78 is 5.21. The number of carbonyl (C=O) groups is 1. The van der Waals surface area contributed by atoms with Gasteiger partial charge in [-0.1, -0.05) is 0 Å². The van der Waals surface area contributed by atoms with Crippen LogP contribution in [0.1, 0.15) is 19.3 Å². The van der Waals surface area contributed by atoms with E-state index in [9.17, 15) is 4.79 Å². The fraction of sp³-hybridized carbons (Fsp3) is 0.889. The van der Waals surface area contributed by atoms with E-state index in [0.717, 1.165) is 19.3 Å². The minimum Gasteiger partial charge on any atom is -0.480 e. The Hall–Kier alpha value is -0.650. The average Bonchev–Trinajstić information content (AvgIpc) is 2.61. The fourth-order valence-corrected chi connectivity index (χ4v) is 1.72. The molecule has 0 aliphatic heterocycles. The minimum absolute atomic E-state index is 0.313. The maximum atomic E-state index is 10.4. The Bertz CT molecular complexity index is 198. The highest BCUT2D eigenvalue weighted by molar-refractivity contribution is 5.73. The molecule has 0 radical (unpaired) electrons. The molecule has 0 bridgehead atoms. The second kappa shape index (κ2) is 5.29. The Morgan fingerprint density at radius 2 is 2.43 bits per heavy atom. The van der Waals surface area contributed by atoms with Crippen molar-refractivity contribution in [2.45, 2.75) is 37.5 Å². The molecule has 5 nitrogen and oxygen atoms in total. The second-order valence-corrected chi connectivity index (χ2v) is 3.72. The Morgan fingerprint density at radius 3 is 2.93 bits per heavy atom. The van der Waals surface area contributed by atoms with Crippen molar-refractivity contribution in [3.63, 3.8) is 0 Å². The highest BCUT2D eigenvalue weighted by Gasteiger charge is 2.24. The highest BCUT2D eigenvalue weighted by Crippen LogP contribution is 2.21. The third-order valence-corrected chi connectivity index (χ3v) is 2.66. The maximum Gasteiger partial charge on any atom is 0.321 e. The lowest BCUT2D eigenvalue weighted by atomic mass is 10.2. The van der Waals surface area contributed by atoms with E-state index in [1.165, 1.54) is 0 Å². The molecule has 3 atom stereocenters. The van der Waals surface area contributed by atoms with Crippen LogP contribution >= 0.6 is 0 Å². The molecule has 0 saturated heterocycles. The summed E-state index contributed by atoms with van der Waals surface area (Å²) in [5.74, 6) is -0.959. The van der Waals surface area contributed by atoms with Gasteiger partial charge in [0.15, 0.2) is 0 Å². The van der Waals surface area contributed by atoms with Gasteiger partial charge in [-0.2, -0.15) is 0 Å². The first-order chi connectivity index (χ1) is 6.63. The van der Waals surface area contributed by atoms with Gasteiger partial charge in [0.1, 0.15) is 6.04 Å². The fourth-order valence-electron chi connectivity index (χ4n) is 1.72. The lowest BCUT2D eigenvalue weighted by Crippen LogP contribution is -2.43. The van der Waals surface area contributed by atoms with Crippen molar-refractivity contribution in [3.8, 4) is 0 Å². The van der Waals surface area contributed by atoms with Crippen LogP contribution in [0.4, 0.5) is 0 Å². The second-order valence-electron chi connectivity index (χ2n) is 3.72.